The summed E-state index contributed by atoms with van der Waals surface area (Å²) in [5.41, 5.74) is 1.22. The quantitative estimate of drug-likeness (QED) is 0.303. The fourth-order valence-electron chi connectivity index (χ4n) is 3.13. The summed E-state index contributed by atoms with van der Waals surface area (Å²) in [7, 11) is -8.63. The van der Waals surface area contributed by atoms with Gasteiger partial charge in [0, 0.05) is 33.0 Å². The van der Waals surface area contributed by atoms with Crippen LogP contribution in [-0.2, 0) is 19.7 Å². The van der Waals surface area contributed by atoms with Crippen LogP contribution in [0.25, 0.3) is 0 Å². The molecule has 0 fully saturated rings. The van der Waals surface area contributed by atoms with Gasteiger partial charge in [0.15, 0.2) is 0 Å². The van der Waals surface area contributed by atoms with Crippen molar-refractivity contribution in [2.45, 2.75) is 43.4 Å². The predicted octanol–water partition coefficient (Wildman–Crippen LogP) is 3.85. The van der Waals surface area contributed by atoms with Gasteiger partial charge in [0.25, 0.3) is 0 Å². The molecule has 4 N–H and O–H groups in total. The first-order valence-corrected chi connectivity index (χ1v) is 18.5. The Bertz CT molecular complexity index is 1220. The Morgan fingerprint density at radius 2 is 1.85 bits per heavy atom. The van der Waals surface area contributed by atoms with Crippen molar-refractivity contribution in [3.05, 3.63) is 28.9 Å². The Morgan fingerprint density at radius 3 is 2.55 bits per heavy atom. The molecule has 0 saturated carbocycles. The summed E-state index contributed by atoms with van der Waals surface area (Å²) < 4.78 is 41.9. The first kappa shape index (κ1) is 25.9. The van der Waals surface area contributed by atoms with Gasteiger partial charge in [0.05, 0.1) is 30.5 Å². The first-order chi connectivity index (χ1) is 15.3. The normalized spacial score (nSPS) is 16.6. The van der Waals surface area contributed by atoms with E-state index < -0.39 is 27.8 Å². The largest absolute Gasteiger partial charge is 0.384 e. The molecule has 3 rings (SSSR count). The second kappa shape index (κ2) is 10.3. The molecule has 0 aliphatic carbocycles. The second-order valence-electron chi connectivity index (χ2n) is 9.17. The summed E-state index contributed by atoms with van der Waals surface area (Å²) >= 11 is 3.45. The number of nitrogens with one attached hydrogen (secondary N) is 4. The van der Waals surface area contributed by atoms with Crippen molar-refractivity contribution < 1.29 is 12.6 Å². The molecule has 2 aromatic rings. The van der Waals surface area contributed by atoms with Crippen molar-refractivity contribution in [1.29, 1.82) is 0 Å². The van der Waals surface area contributed by atoms with Crippen LogP contribution in [0.4, 0.5) is 23.1 Å². The molecule has 9 nitrogen and oxygen atoms in total. The van der Waals surface area contributed by atoms with Crippen LogP contribution in [0.15, 0.2) is 33.8 Å². The number of fused-ring (bicyclic) bond motifs is 4. The van der Waals surface area contributed by atoms with E-state index in [9.17, 15) is 12.6 Å². The highest BCUT2D eigenvalue weighted by Crippen LogP contribution is 2.28. The van der Waals surface area contributed by atoms with Crippen molar-refractivity contribution in [3.8, 4) is 0 Å². The summed E-state index contributed by atoms with van der Waals surface area (Å²) in [6.07, 6.45) is 3.40. The van der Waals surface area contributed by atoms with Crippen molar-refractivity contribution >= 4 is 72.7 Å². The molecule has 0 amide bonds. The van der Waals surface area contributed by atoms with Crippen LogP contribution in [0, 0.1) is 0 Å². The lowest BCUT2D eigenvalue weighted by atomic mass is 10.2. The van der Waals surface area contributed by atoms with Crippen LogP contribution in [0.3, 0.4) is 0 Å². The minimum absolute atomic E-state index is 0.0616. The zero-order valence-electron chi connectivity index (χ0n) is 19.1. The highest BCUT2D eigenvalue weighted by Gasteiger charge is 2.24. The molecule has 0 saturated heterocycles. The Hall–Kier alpha value is -1.67. The summed E-state index contributed by atoms with van der Waals surface area (Å²) in [6, 6.07) is 5.68. The molecule has 182 valence electrons. The van der Waals surface area contributed by atoms with E-state index in [2.05, 4.69) is 71.5 Å². The van der Waals surface area contributed by atoms with Gasteiger partial charge in [-0.3, -0.25) is 0 Å². The van der Waals surface area contributed by atoms with Crippen LogP contribution in [0.5, 0.6) is 0 Å². The van der Waals surface area contributed by atoms with Gasteiger partial charge in [0.2, 0.25) is 16.0 Å². The standard InChI is InChI=1S/C20H31BrN6O3S2Si/c1-31(28,27-32(29,30)11-12-33(2,3)4)18-8-7-15-13-17(18)22-9-5-6-10-23-19-16(21)14-24-20(25-15)26-19/h7-8,13-14,22H,1,5-6,9-12H2,2-4H3,(H,27,28)(H2,23,24,25,26). The highest BCUT2D eigenvalue weighted by atomic mass is 79.9. The predicted molar refractivity (Wildman–Crippen MR) is 144 cm³/mol. The molecule has 0 spiro atoms. The van der Waals surface area contributed by atoms with E-state index >= 15 is 0 Å². The lowest BCUT2D eigenvalue weighted by Gasteiger charge is -2.20. The molecule has 13 heteroatoms. The number of benzene rings is 1. The first-order valence-electron chi connectivity index (χ1n) is 10.6. The molecular weight excluding hydrogens is 544 g/mol. The Morgan fingerprint density at radius 1 is 1.15 bits per heavy atom. The molecule has 0 radical (unpaired) electrons. The fraction of sp³-hybridized carbons (Fsp3) is 0.450. The number of hydrogen-bond acceptors (Lipinski definition) is 8. The molecule has 4 bridgehead atoms. The monoisotopic (exact) mass is 574 g/mol. The van der Waals surface area contributed by atoms with E-state index in [-0.39, 0.29) is 5.75 Å². The molecular formula is C20H31BrN6O3S2Si. The van der Waals surface area contributed by atoms with Crippen molar-refractivity contribution in [3.63, 3.8) is 0 Å². The van der Waals surface area contributed by atoms with Gasteiger partial charge in [-0.2, -0.15) is 4.98 Å². The molecule has 2 heterocycles. The van der Waals surface area contributed by atoms with Gasteiger partial charge in [-0.05, 0) is 58.9 Å². The van der Waals surface area contributed by atoms with E-state index in [4.69, 9.17) is 0 Å². The van der Waals surface area contributed by atoms with Crippen LogP contribution >= 0.6 is 15.9 Å². The minimum atomic E-state index is -3.75. The van der Waals surface area contributed by atoms with E-state index in [0.29, 0.717) is 40.6 Å². The van der Waals surface area contributed by atoms with Crippen LogP contribution in [-0.4, -0.2) is 55.4 Å². The summed E-state index contributed by atoms with van der Waals surface area (Å²) in [5, 5.41) is 9.72. The average molecular weight is 576 g/mol. The number of hydrogen-bond donors (Lipinski definition) is 4. The molecule has 1 aromatic carbocycles. The maximum atomic E-state index is 13.5. The smallest absolute Gasteiger partial charge is 0.229 e. The number of halogens is 1. The summed E-state index contributed by atoms with van der Waals surface area (Å²) in [4.78, 5) is 9.09. The maximum Gasteiger partial charge on any atom is 0.229 e. The van der Waals surface area contributed by atoms with E-state index in [1.807, 2.05) is 0 Å². The van der Waals surface area contributed by atoms with Crippen LogP contribution in [0.2, 0.25) is 25.7 Å². The van der Waals surface area contributed by atoms with Gasteiger partial charge >= 0.3 is 0 Å². The lowest BCUT2D eigenvalue weighted by molar-refractivity contribution is 0.593. The van der Waals surface area contributed by atoms with Gasteiger partial charge < -0.3 is 16.0 Å². The van der Waals surface area contributed by atoms with E-state index in [1.165, 1.54) is 0 Å². The summed E-state index contributed by atoms with van der Waals surface area (Å²) in [5.74, 6) is 4.80. The molecule has 1 aromatic heterocycles. The number of nitrogens with zero attached hydrogens (tertiary/aromatic N) is 2. The molecule has 33 heavy (non-hydrogen) atoms. The number of rotatable bonds is 6. The summed E-state index contributed by atoms with van der Waals surface area (Å²) in [6.45, 7) is 7.65. The van der Waals surface area contributed by atoms with Crippen molar-refractivity contribution in [1.82, 2.24) is 14.1 Å². The SMILES string of the molecule is C=S(=O)(NS(=O)(=O)CC[Si](C)(C)C)c1ccc2cc1NCCCCNc1nc(ncc1Br)N2. The lowest BCUT2D eigenvalue weighted by Crippen LogP contribution is -2.35. The van der Waals surface area contributed by atoms with Gasteiger partial charge in [-0.1, -0.05) is 19.6 Å². The van der Waals surface area contributed by atoms with Gasteiger partial charge in [-0.15, -0.1) is 4.13 Å². The van der Waals surface area contributed by atoms with Crippen molar-refractivity contribution in [2.75, 3.05) is 34.8 Å². The molecule has 1 unspecified atom stereocenters. The van der Waals surface area contributed by atoms with Gasteiger partial charge in [-0.25, -0.2) is 17.6 Å². The third-order valence-corrected chi connectivity index (χ3v) is 11.5. The third-order valence-electron chi connectivity index (χ3n) is 4.93. The van der Waals surface area contributed by atoms with Crippen LogP contribution < -0.4 is 20.1 Å². The van der Waals surface area contributed by atoms with E-state index in [1.54, 1.807) is 24.4 Å². The van der Waals surface area contributed by atoms with E-state index in [0.717, 1.165) is 23.9 Å². The maximum absolute atomic E-state index is 13.5. The molecule has 1 atom stereocenters. The highest BCUT2D eigenvalue weighted by molar-refractivity contribution is 9.10. The number of aromatic nitrogens is 2. The zero-order valence-corrected chi connectivity index (χ0v) is 23.3. The Labute approximate surface area is 205 Å². The Kier molecular flexibility index (Phi) is 8.10. The molecule has 1 aliphatic rings. The number of sulfonamides is 1. The third kappa shape index (κ3) is 7.67. The second-order valence-corrected chi connectivity index (χ2v) is 19.7. The topological polar surface area (TPSA) is 125 Å². The van der Waals surface area contributed by atoms with Crippen molar-refractivity contribution in [2.24, 2.45) is 0 Å². The van der Waals surface area contributed by atoms with Gasteiger partial charge in [0.1, 0.15) is 5.82 Å². The average Bonchev–Trinajstić information content (AvgIpc) is 2.70. The van der Waals surface area contributed by atoms with Crippen LogP contribution in [0.1, 0.15) is 12.8 Å². The Balaban J connectivity index is 1.91. The zero-order chi connectivity index (χ0) is 24.3. The fourth-order valence-corrected chi connectivity index (χ4v) is 10.1. The minimum Gasteiger partial charge on any atom is -0.384 e. The number of anilines is 4. The molecule has 1 aliphatic heterocycles.